The minimum Gasteiger partial charge on any atom is -0.298 e. The monoisotopic (exact) mass is 424 g/mol. The van der Waals surface area contributed by atoms with Crippen molar-refractivity contribution in [2.75, 3.05) is 13.1 Å². The van der Waals surface area contributed by atoms with Crippen LogP contribution in [0.15, 0.2) is 85.3 Å². The largest absolute Gasteiger partial charge is 0.298 e. The molecular weight excluding hydrogens is 399 g/mol. The van der Waals surface area contributed by atoms with E-state index in [0.29, 0.717) is 0 Å². The first kappa shape index (κ1) is 20.5. The van der Waals surface area contributed by atoms with Crippen LogP contribution in [0.5, 0.6) is 0 Å². The molecule has 1 fully saturated rings. The number of benzene rings is 2. The van der Waals surface area contributed by atoms with Gasteiger partial charge >= 0.3 is 0 Å². The first-order valence-corrected chi connectivity index (χ1v) is 11.1. The molecule has 0 radical (unpaired) electrons. The Labute approximate surface area is 187 Å². The van der Waals surface area contributed by atoms with Gasteiger partial charge < -0.3 is 0 Å². The smallest absolute Gasteiger partial charge is 0.159 e. The lowest BCUT2D eigenvalue weighted by Crippen LogP contribution is -2.34. The summed E-state index contributed by atoms with van der Waals surface area (Å²) in [6, 6.07) is 21.1. The minimum absolute atomic E-state index is 0.180. The lowest BCUT2D eigenvalue weighted by atomic mass is 9.89. The fourth-order valence-electron chi connectivity index (χ4n) is 4.50. The molecule has 0 aliphatic carbocycles. The summed E-state index contributed by atoms with van der Waals surface area (Å²) in [7, 11) is 0. The van der Waals surface area contributed by atoms with Crippen LogP contribution in [-0.2, 0) is 6.54 Å². The Hall–Kier alpha value is -3.44. The fourth-order valence-corrected chi connectivity index (χ4v) is 4.50. The van der Waals surface area contributed by atoms with Crippen molar-refractivity contribution in [3.63, 3.8) is 0 Å². The summed E-state index contributed by atoms with van der Waals surface area (Å²) in [5.74, 6) is 0.834. The standard InChI is InChI=1S/C27H25FN4/c28-24-10-4-6-20(16-24)18-32-15-5-9-23(19-32)26-25(21-7-2-1-3-8-21)17-30-27(31-26)22-11-13-29-14-12-22/h1-4,6-8,10-14,16-17,23H,5,9,15,18-19H2. The number of halogens is 1. The fraction of sp³-hybridized carbons (Fsp3) is 0.222. The van der Waals surface area contributed by atoms with Gasteiger partial charge in [0, 0.05) is 48.7 Å². The molecule has 0 bridgehead atoms. The van der Waals surface area contributed by atoms with Gasteiger partial charge in [-0.05, 0) is 54.8 Å². The molecule has 0 amide bonds. The Morgan fingerprint density at radius 1 is 0.938 bits per heavy atom. The third-order valence-corrected chi connectivity index (χ3v) is 6.03. The average molecular weight is 425 g/mol. The van der Waals surface area contributed by atoms with Gasteiger partial charge in [0.25, 0.3) is 0 Å². The minimum atomic E-state index is -0.180. The third-order valence-electron chi connectivity index (χ3n) is 6.03. The molecule has 0 spiro atoms. The number of hydrogen-bond donors (Lipinski definition) is 0. The zero-order chi connectivity index (χ0) is 21.8. The Kier molecular flexibility index (Phi) is 5.99. The van der Waals surface area contributed by atoms with Gasteiger partial charge in [-0.1, -0.05) is 42.5 Å². The van der Waals surface area contributed by atoms with Crippen LogP contribution < -0.4 is 0 Å². The molecule has 0 N–H and O–H groups in total. The maximum absolute atomic E-state index is 13.7. The summed E-state index contributed by atoms with van der Waals surface area (Å²) >= 11 is 0. The quantitative estimate of drug-likeness (QED) is 0.411. The number of likely N-dealkylation sites (tertiary alicyclic amines) is 1. The van der Waals surface area contributed by atoms with Gasteiger partial charge in [-0.25, -0.2) is 14.4 Å². The van der Waals surface area contributed by atoms with E-state index < -0.39 is 0 Å². The summed E-state index contributed by atoms with van der Waals surface area (Å²) in [4.78, 5) is 16.3. The number of aromatic nitrogens is 3. The van der Waals surface area contributed by atoms with Crippen LogP contribution in [0, 0.1) is 5.82 Å². The van der Waals surface area contributed by atoms with Gasteiger partial charge in [-0.15, -0.1) is 0 Å². The third kappa shape index (κ3) is 4.58. The predicted molar refractivity (Wildman–Crippen MR) is 124 cm³/mol. The highest BCUT2D eigenvalue weighted by molar-refractivity contribution is 5.67. The Morgan fingerprint density at radius 2 is 1.78 bits per heavy atom. The maximum atomic E-state index is 13.7. The van der Waals surface area contributed by atoms with Gasteiger partial charge in [0.05, 0.1) is 5.69 Å². The summed E-state index contributed by atoms with van der Waals surface area (Å²) in [5.41, 5.74) is 5.27. The molecular formula is C27H25FN4. The lowest BCUT2D eigenvalue weighted by molar-refractivity contribution is 0.198. The van der Waals surface area contributed by atoms with Crippen LogP contribution in [0.3, 0.4) is 0 Å². The zero-order valence-corrected chi connectivity index (χ0v) is 17.9. The summed E-state index contributed by atoms with van der Waals surface area (Å²) in [6.07, 6.45) is 7.66. The van der Waals surface area contributed by atoms with Crippen LogP contribution >= 0.6 is 0 Å². The molecule has 4 aromatic rings. The van der Waals surface area contributed by atoms with Crippen LogP contribution in [0.1, 0.15) is 30.0 Å². The predicted octanol–water partition coefficient (Wildman–Crippen LogP) is 5.72. The van der Waals surface area contributed by atoms with E-state index in [9.17, 15) is 4.39 Å². The van der Waals surface area contributed by atoms with Crippen LogP contribution in [0.2, 0.25) is 0 Å². The number of piperidine rings is 1. The number of pyridine rings is 1. The van der Waals surface area contributed by atoms with Gasteiger partial charge in [0.1, 0.15) is 5.82 Å². The van der Waals surface area contributed by atoms with E-state index in [4.69, 9.17) is 4.98 Å². The summed E-state index contributed by atoms with van der Waals surface area (Å²) in [6.45, 7) is 2.65. The second-order valence-corrected chi connectivity index (χ2v) is 8.30. The van der Waals surface area contributed by atoms with Crippen LogP contribution in [-0.4, -0.2) is 32.9 Å². The highest BCUT2D eigenvalue weighted by Crippen LogP contribution is 2.34. The van der Waals surface area contributed by atoms with Crippen LogP contribution in [0.25, 0.3) is 22.5 Å². The zero-order valence-electron chi connectivity index (χ0n) is 17.9. The van der Waals surface area contributed by atoms with Crippen molar-refractivity contribution in [1.82, 2.24) is 19.9 Å². The van der Waals surface area contributed by atoms with Gasteiger partial charge in [0.2, 0.25) is 0 Å². The highest BCUT2D eigenvalue weighted by atomic mass is 19.1. The van der Waals surface area contributed by atoms with Crippen molar-refractivity contribution in [2.24, 2.45) is 0 Å². The van der Waals surface area contributed by atoms with Crippen LogP contribution in [0.4, 0.5) is 4.39 Å². The number of rotatable bonds is 5. The Bertz CT molecular complexity index is 1180. The molecule has 32 heavy (non-hydrogen) atoms. The molecule has 3 heterocycles. The van der Waals surface area contributed by atoms with E-state index in [1.807, 2.05) is 42.6 Å². The van der Waals surface area contributed by atoms with Crippen molar-refractivity contribution in [2.45, 2.75) is 25.3 Å². The second-order valence-electron chi connectivity index (χ2n) is 8.30. The average Bonchev–Trinajstić information content (AvgIpc) is 2.85. The molecule has 5 heteroatoms. The summed E-state index contributed by atoms with van der Waals surface area (Å²) < 4.78 is 13.7. The van der Waals surface area contributed by atoms with Crippen molar-refractivity contribution < 1.29 is 4.39 Å². The molecule has 1 atom stereocenters. The topological polar surface area (TPSA) is 41.9 Å². The molecule has 0 saturated carbocycles. The van der Waals surface area contributed by atoms with Crippen molar-refractivity contribution in [3.05, 3.63) is 102 Å². The number of hydrogen-bond acceptors (Lipinski definition) is 4. The molecule has 1 unspecified atom stereocenters. The Balaban J connectivity index is 1.48. The van der Waals surface area contributed by atoms with E-state index in [0.717, 1.165) is 66.2 Å². The molecule has 1 saturated heterocycles. The number of nitrogens with zero attached hydrogens (tertiary/aromatic N) is 4. The maximum Gasteiger partial charge on any atom is 0.159 e. The van der Waals surface area contributed by atoms with E-state index in [-0.39, 0.29) is 11.7 Å². The van der Waals surface area contributed by atoms with Crippen molar-refractivity contribution in [3.8, 4) is 22.5 Å². The van der Waals surface area contributed by atoms with E-state index in [1.54, 1.807) is 24.5 Å². The molecule has 5 rings (SSSR count). The molecule has 1 aliphatic heterocycles. The SMILES string of the molecule is Fc1cccc(CN2CCCC(c3nc(-c4ccncc4)ncc3-c3ccccc3)C2)c1. The van der Waals surface area contributed by atoms with Gasteiger partial charge in [0.15, 0.2) is 5.82 Å². The Morgan fingerprint density at radius 3 is 2.59 bits per heavy atom. The first-order valence-electron chi connectivity index (χ1n) is 11.1. The lowest BCUT2D eigenvalue weighted by Gasteiger charge is -2.33. The first-order chi connectivity index (χ1) is 15.8. The molecule has 4 nitrogen and oxygen atoms in total. The highest BCUT2D eigenvalue weighted by Gasteiger charge is 2.26. The molecule has 2 aromatic heterocycles. The molecule has 160 valence electrons. The summed E-state index contributed by atoms with van der Waals surface area (Å²) in [5, 5.41) is 0. The van der Waals surface area contributed by atoms with E-state index >= 15 is 0 Å². The van der Waals surface area contributed by atoms with Gasteiger partial charge in [-0.2, -0.15) is 0 Å². The van der Waals surface area contributed by atoms with Crippen molar-refractivity contribution in [1.29, 1.82) is 0 Å². The van der Waals surface area contributed by atoms with Crippen molar-refractivity contribution >= 4 is 0 Å². The van der Waals surface area contributed by atoms with Gasteiger partial charge in [-0.3, -0.25) is 9.88 Å². The molecule has 1 aliphatic rings. The van der Waals surface area contributed by atoms with E-state index in [2.05, 4.69) is 27.0 Å². The normalized spacial score (nSPS) is 16.7. The second kappa shape index (κ2) is 9.37. The van der Waals surface area contributed by atoms with E-state index in [1.165, 1.54) is 6.07 Å². The molecule has 2 aromatic carbocycles.